The van der Waals surface area contributed by atoms with Gasteiger partial charge in [0.05, 0.1) is 0 Å². The first-order chi connectivity index (χ1) is 8.64. The topological polar surface area (TPSA) is 0 Å². The summed E-state index contributed by atoms with van der Waals surface area (Å²) in [5.74, 6) is 0.813. The Morgan fingerprint density at radius 3 is 2.61 bits per heavy atom. The van der Waals surface area contributed by atoms with E-state index < -0.39 is 0 Å². The van der Waals surface area contributed by atoms with Crippen molar-refractivity contribution in [2.45, 2.75) is 64.2 Å². The van der Waals surface area contributed by atoms with Gasteiger partial charge in [-0.2, -0.15) is 0 Å². The predicted octanol–water partition coefficient (Wildman–Crippen LogP) is 5.46. The molecule has 1 aromatic carbocycles. The van der Waals surface area contributed by atoms with E-state index in [1.54, 1.807) is 12.1 Å². The zero-order valence-corrected chi connectivity index (χ0v) is 11.7. The second-order valence-electron chi connectivity index (χ2n) is 6.16. The molecule has 1 aliphatic rings. The Morgan fingerprint density at radius 1 is 1.28 bits per heavy atom. The third-order valence-corrected chi connectivity index (χ3v) is 4.70. The summed E-state index contributed by atoms with van der Waals surface area (Å²) >= 11 is 0. The fourth-order valence-corrected chi connectivity index (χ4v) is 3.25. The van der Waals surface area contributed by atoms with E-state index in [-0.39, 0.29) is 11.2 Å². The summed E-state index contributed by atoms with van der Waals surface area (Å²) in [5, 5.41) is 0. The van der Waals surface area contributed by atoms with Crippen LogP contribution in [0.2, 0.25) is 0 Å². The first-order valence-electron chi connectivity index (χ1n) is 7.40. The first-order valence-corrected chi connectivity index (χ1v) is 7.40. The number of unbranched alkanes of at least 4 members (excludes halogenated alkanes) is 1. The minimum absolute atomic E-state index is 0.0955. The largest absolute Gasteiger partial charge is 0.207 e. The van der Waals surface area contributed by atoms with Gasteiger partial charge in [0.2, 0.25) is 0 Å². The molecule has 0 bridgehead atoms. The zero-order chi connectivity index (χ0) is 13.0. The fraction of sp³-hybridized carbons (Fsp3) is 0.647. The normalized spacial score (nSPS) is 28.3. The Morgan fingerprint density at radius 2 is 2.00 bits per heavy atom. The summed E-state index contributed by atoms with van der Waals surface area (Å²) in [6, 6.07) is 7.21. The third kappa shape index (κ3) is 3.13. The summed E-state index contributed by atoms with van der Waals surface area (Å²) in [6.45, 7) is 4.57. The van der Waals surface area contributed by atoms with Crippen molar-refractivity contribution < 1.29 is 4.39 Å². The summed E-state index contributed by atoms with van der Waals surface area (Å²) < 4.78 is 13.3. The lowest BCUT2D eigenvalue weighted by Crippen LogP contribution is -2.28. The van der Waals surface area contributed by atoms with Crippen molar-refractivity contribution in [3.05, 3.63) is 35.6 Å². The Bertz CT molecular complexity index is 375. The van der Waals surface area contributed by atoms with Crippen molar-refractivity contribution in [3.8, 4) is 0 Å². The molecule has 0 atom stereocenters. The van der Waals surface area contributed by atoms with Gasteiger partial charge in [-0.05, 0) is 54.7 Å². The van der Waals surface area contributed by atoms with Gasteiger partial charge >= 0.3 is 0 Å². The monoisotopic (exact) mass is 248 g/mol. The van der Waals surface area contributed by atoms with Crippen LogP contribution in [0.1, 0.15) is 64.4 Å². The molecule has 0 N–H and O–H groups in total. The van der Waals surface area contributed by atoms with Crippen molar-refractivity contribution in [1.29, 1.82) is 0 Å². The van der Waals surface area contributed by atoms with Crippen LogP contribution in [0, 0.1) is 11.7 Å². The van der Waals surface area contributed by atoms with Gasteiger partial charge in [0.15, 0.2) is 0 Å². The van der Waals surface area contributed by atoms with Gasteiger partial charge in [-0.25, -0.2) is 4.39 Å². The quantitative estimate of drug-likeness (QED) is 0.663. The highest BCUT2D eigenvalue weighted by atomic mass is 19.1. The van der Waals surface area contributed by atoms with Crippen molar-refractivity contribution >= 4 is 0 Å². The van der Waals surface area contributed by atoms with E-state index in [4.69, 9.17) is 0 Å². The molecule has 1 aromatic rings. The lowest BCUT2D eigenvalue weighted by Gasteiger charge is -2.38. The van der Waals surface area contributed by atoms with Gasteiger partial charge in [0.1, 0.15) is 5.82 Å². The average molecular weight is 248 g/mol. The lowest BCUT2D eigenvalue weighted by molar-refractivity contribution is 0.235. The molecule has 0 saturated heterocycles. The maximum absolute atomic E-state index is 13.3. The highest BCUT2D eigenvalue weighted by Gasteiger charge is 2.32. The van der Waals surface area contributed by atoms with Crippen LogP contribution < -0.4 is 0 Å². The molecule has 0 radical (unpaired) electrons. The van der Waals surface area contributed by atoms with Crippen LogP contribution in [0.5, 0.6) is 0 Å². The Kier molecular flexibility index (Phi) is 4.42. The molecule has 2 rings (SSSR count). The summed E-state index contributed by atoms with van der Waals surface area (Å²) in [4.78, 5) is 0. The van der Waals surface area contributed by atoms with Crippen LogP contribution in [0.25, 0.3) is 0 Å². The van der Waals surface area contributed by atoms with Gasteiger partial charge in [-0.3, -0.25) is 0 Å². The molecule has 0 spiro atoms. The molecule has 1 aliphatic carbocycles. The molecular weight excluding hydrogens is 223 g/mol. The fourth-order valence-electron chi connectivity index (χ4n) is 3.25. The van der Waals surface area contributed by atoms with E-state index in [9.17, 15) is 4.39 Å². The highest BCUT2D eigenvalue weighted by molar-refractivity contribution is 5.25. The summed E-state index contributed by atoms with van der Waals surface area (Å²) in [6.07, 6.45) is 9.10. The maximum atomic E-state index is 13.3. The molecule has 0 unspecified atom stereocenters. The average Bonchev–Trinajstić information content (AvgIpc) is 2.38. The Hall–Kier alpha value is -0.850. The molecular formula is C17H25F. The van der Waals surface area contributed by atoms with Crippen LogP contribution in [0.3, 0.4) is 0 Å². The third-order valence-electron chi connectivity index (χ3n) is 4.70. The van der Waals surface area contributed by atoms with Gasteiger partial charge < -0.3 is 0 Å². The molecule has 18 heavy (non-hydrogen) atoms. The molecule has 1 fully saturated rings. The SMILES string of the molecule is CCCCC1CCC(C)(c2cccc(F)c2)CC1. The van der Waals surface area contributed by atoms with E-state index in [1.165, 1.54) is 50.5 Å². The minimum atomic E-state index is -0.0955. The van der Waals surface area contributed by atoms with Crippen LogP contribution in [0.15, 0.2) is 24.3 Å². The van der Waals surface area contributed by atoms with Crippen molar-refractivity contribution in [2.75, 3.05) is 0 Å². The van der Waals surface area contributed by atoms with Gasteiger partial charge in [-0.1, -0.05) is 45.2 Å². The minimum Gasteiger partial charge on any atom is -0.207 e. The van der Waals surface area contributed by atoms with Gasteiger partial charge in [-0.15, -0.1) is 0 Å². The van der Waals surface area contributed by atoms with Crippen molar-refractivity contribution in [1.82, 2.24) is 0 Å². The van der Waals surface area contributed by atoms with Crippen molar-refractivity contribution in [2.24, 2.45) is 5.92 Å². The standard InChI is InChI=1S/C17H25F/c1-3-4-6-14-9-11-17(2,12-10-14)15-7-5-8-16(18)13-15/h5,7-8,13-14H,3-4,6,9-12H2,1-2H3. The molecule has 0 nitrogen and oxygen atoms in total. The van der Waals surface area contributed by atoms with Crippen LogP contribution in [-0.4, -0.2) is 0 Å². The highest BCUT2D eigenvalue weighted by Crippen LogP contribution is 2.42. The zero-order valence-electron chi connectivity index (χ0n) is 11.7. The van der Waals surface area contributed by atoms with Gasteiger partial charge in [0.25, 0.3) is 0 Å². The molecule has 1 saturated carbocycles. The number of benzene rings is 1. The van der Waals surface area contributed by atoms with E-state index in [0.717, 1.165) is 5.92 Å². The van der Waals surface area contributed by atoms with Gasteiger partial charge in [0, 0.05) is 0 Å². The maximum Gasteiger partial charge on any atom is 0.123 e. The number of rotatable bonds is 4. The van der Waals surface area contributed by atoms with E-state index in [1.807, 2.05) is 6.07 Å². The Labute approximate surface area is 111 Å². The van der Waals surface area contributed by atoms with Crippen LogP contribution >= 0.6 is 0 Å². The van der Waals surface area contributed by atoms with Crippen LogP contribution in [0.4, 0.5) is 4.39 Å². The smallest absolute Gasteiger partial charge is 0.123 e. The molecule has 100 valence electrons. The first kappa shape index (κ1) is 13.6. The molecule has 0 aromatic heterocycles. The predicted molar refractivity (Wildman–Crippen MR) is 75.2 cm³/mol. The van der Waals surface area contributed by atoms with E-state index >= 15 is 0 Å². The summed E-state index contributed by atoms with van der Waals surface area (Å²) in [5.41, 5.74) is 1.39. The second-order valence-corrected chi connectivity index (χ2v) is 6.16. The molecule has 0 heterocycles. The second kappa shape index (κ2) is 5.86. The molecule has 0 amide bonds. The van der Waals surface area contributed by atoms with E-state index in [0.29, 0.717) is 0 Å². The van der Waals surface area contributed by atoms with E-state index in [2.05, 4.69) is 19.9 Å². The Balaban J connectivity index is 1.98. The van der Waals surface area contributed by atoms with Crippen molar-refractivity contribution in [3.63, 3.8) is 0 Å². The lowest BCUT2D eigenvalue weighted by atomic mass is 9.67. The number of hydrogen-bond acceptors (Lipinski definition) is 0. The van der Waals surface area contributed by atoms with Crippen LogP contribution in [-0.2, 0) is 5.41 Å². The number of hydrogen-bond donors (Lipinski definition) is 0. The molecule has 0 aliphatic heterocycles. The summed E-state index contributed by atoms with van der Waals surface area (Å²) in [7, 11) is 0. The molecule has 1 heteroatoms. The number of halogens is 1.